The summed E-state index contributed by atoms with van der Waals surface area (Å²) in [6.45, 7) is 6.10. The van der Waals surface area contributed by atoms with Crippen LogP contribution in [0, 0.1) is 0 Å². The Morgan fingerprint density at radius 1 is 1.37 bits per heavy atom. The van der Waals surface area contributed by atoms with Crippen LogP contribution in [-0.4, -0.2) is 13.4 Å². The van der Waals surface area contributed by atoms with Gasteiger partial charge in [0.25, 0.3) is 0 Å². The van der Waals surface area contributed by atoms with Crippen molar-refractivity contribution in [3.05, 3.63) is 40.9 Å². The molecule has 0 amide bonds. The largest absolute Gasteiger partial charge is 0.497 e. The van der Waals surface area contributed by atoms with Crippen LogP contribution in [0.1, 0.15) is 38.2 Å². The fourth-order valence-electron chi connectivity index (χ4n) is 2.17. The number of hydrogen-bond acceptors (Lipinski definition) is 2. The zero-order valence-corrected chi connectivity index (χ0v) is 13.2. The van der Waals surface area contributed by atoms with Gasteiger partial charge in [0.15, 0.2) is 0 Å². The molecule has 3 heteroatoms. The van der Waals surface area contributed by atoms with Gasteiger partial charge in [-0.1, -0.05) is 60.8 Å². The Kier molecular flexibility index (Phi) is 6.29. The maximum absolute atomic E-state index is 11.7. The Hall–Kier alpha value is -1.09. The molecule has 1 rings (SSSR count). The summed E-state index contributed by atoms with van der Waals surface area (Å²) in [5, 5.41) is 0. The van der Waals surface area contributed by atoms with Gasteiger partial charge in [-0.05, 0) is 24.1 Å². The summed E-state index contributed by atoms with van der Waals surface area (Å²) in [6, 6.07) is 7.63. The van der Waals surface area contributed by atoms with Gasteiger partial charge in [-0.2, -0.15) is 0 Å². The lowest BCUT2D eigenvalue weighted by Crippen LogP contribution is -2.28. The number of ether oxygens (including phenoxy) is 1. The van der Waals surface area contributed by atoms with Gasteiger partial charge in [-0.3, -0.25) is 0 Å². The summed E-state index contributed by atoms with van der Waals surface area (Å²) in [7, 11) is 1.63. The van der Waals surface area contributed by atoms with E-state index in [4.69, 9.17) is 4.74 Å². The highest BCUT2D eigenvalue weighted by Crippen LogP contribution is 2.38. The van der Waals surface area contributed by atoms with Crippen molar-refractivity contribution in [3.63, 3.8) is 0 Å². The first-order chi connectivity index (χ1) is 9.10. The molecule has 0 bridgehead atoms. The van der Waals surface area contributed by atoms with E-state index in [0.29, 0.717) is 0 Å². The average Bonchev–Trinajstić information content (AvgIpc) is 2.44. The van der Waals surface area contributed by atoms with E-state index >= 15 is 0 Å². The highest BCUT2D eigenvalue weighted by molar-refractivity contribution is 9.11. The maximum atomic E-state index is 11.7. The number of halogens is 1. The van der Waals surface area contributed by atoms with Gasteiger partial charge >= 0.3 is 0 Å². The number of carbonyl (C=O) groups excluding carboxylic acids is 1. The van der Waals surface area contributed by atoms with Crippen LogP contribution in [0.4, 0.5) is 0 Å². The zero-order chi connectivity index (χ0) is 14.3. The highest BCUT2D eigenvalue weighted by Gasteiger charge is 2.33. The van der Waals surface area contributed by atoms with Crippen LogP contribution in [0.15, 0.2) is 35.3 Å². The number of methoxy groups -OCH3 is 1. The Bertz CT molecular complexity index is 425. The molecule has 104 valence electrons. The lowest BCUT2D eigenvalue weighted by atomic mass is 9.77. The van der Waals surface area contributed by atoms with Crippen molar-refractivity contribution in [1.82, 2.24) is 0 Å². The number of rotatable bonds is 8. The minimum Gasteiger partial charge on any atom is -0.497 e. The lowest BCUT2D eigenvalue weighted by molar-refractivity contribution is -0.111. The number of aldehydes is 1. The SMILES string of the molecule is C=C(Br)C(C=O)(CCCCC)c1ccc(OC)cc1. The molecule has 0 radical (unpaired) electrons. The molecule has 19 heavy (non-hydrogen) atoms. The van der Waals surface area contributed by atoms with Crippen LogP contribution >= 0.6 is 15.9 Å². The molecule has 0 saturated carbocycles. The standard InChI is InChI=1S/C16H21BrO2/c1-4-5-6-11-16(12-18,13(2)17)14-7-9-15(19-3)10-8-14/h7-10,12H,2,4-6,11H2,1,3H3. The summed E-state index contributed by atoms with van der Waals surface area (Å²) < 4.78 is 5.87. The highest BCUT2D eigenvalue weighted by atomic mass is 79.9. The van der Waals surface area contributed by atoms with Gasteiger partial charge < -0.3 is 9.53 Å². The minimum absolute atomic E-state index is 0.637. The van der Waals surface area contributed by atoms with Crippen molar-refractivity contribution in [2.75, 3.05) is 7.11 Å². The number of unbranched alkanes of at least 4 members (excludes halogenated alkanes) is 2. The number of benzene rings is 1. The second-order valence-electron chi connectivity index (χ2n) is 4.68. The van der Waals surface area contributed by atoms with Crippen LogP contribution in [-0.2, 0) is 10.2 Å². The van der Waals surface area contributed by atoms with Crippen LogP contribution in [0.25, 0.3) is 0 Å². The van der Waals surface area contributed by atoms with Gasteiger partial charge in [-0.15, -0.1) is 0 Å². The molecule has 0 saturated heterocycles. The molecule has 2 nitrogen and oxygen atoms in total. The Morgan fingerprint density at radius 3 is 2.42 bits per heavy atom. The molecule has 0 aromatic heterocycles. The summed E-state index contributed by atoms with van der Waals surface area (Å²) in [5.74, 6) is 0.789. The predicted octanol–water partition coefficient (Wildman–Crippen LogP) is 4.62. The summed E-state index contributed by atoms with van der Waals surface area (Å²) >= 11 is 3.43. The van der Waals surface area contributed by atoms with Crippen LogP contribution in [0.2, 0.25) is 0 Å². The van der Waals surface area contributed by atoms with E-state index in [2.05, 4.69) is 29.4 Å². The second kappa shape index (κ2) is 7.49. The molecule has 1 aromatic rings. The van der Waals surface area contributed by atoms with Gasteiger partial charge in [0.2, 0.25) is 0 Å². The zero-order valence-electron chi connectivity index (χ0n) is 11.6. The summed E-state index contributed by atoms with van der Waals surface area (Å²) in [6.07, 6.45) is 5.03. The quantitative estimate of drug-likeness (QED) is 0.515. The molecule has 0 heterocycles. The predicted molar refractivity (Wildman–Crippen MR) is 82.9 cm³/mol. The van der Waals surface area contributed by atoms with Crippen molar-refractivity contribution >= 4 is 22.2 Å². The first kappa shape index (κ1) is 16.0. The normalized spacial score (nSPS) is 13.6. The molecular formula is C16H21BrO2. The topological polar surface area (TPSA) is 26.3 Å². The number of allylic oxidation sites excluding steroid dienone is 1. The van der Waals surface area contributed by atoms with Gasteiger partial charge in [-0.25, -0.2) is 0 Å². The monoisotopic (exact) mass is 324 g/mol. The van der Waals surface area contributed by atoms with Crippen LogP contribution in [0.5, 0.6) is 5.75 Å². The van der Waals surface area contributed by atoms with Gasteiger partial charge in [0.05, 0.1) is 12.5 Å². The first-order valence-electron chi connectivity index (χ1n) is 6.56. The van der Waals surface area contributed by atoms with Crippen molar-refractivity contribution < 1.29 is 9.53 Å². The fraction of sp³-hybridized carbons (Fsp3) is 0.438. The van der Waals surface area contributed by atoms with E-state index < -0.39 is 5.41 Å². The van der Waals surface area contributed by atoms with Crippen LogP contribution in [0.3, 0.4) is 0 Å². The van der Waals surface area contributed by atoms with E-state index in [1.807, 2.05) is 24.3 Å². The molecule has 0 aliphatic carbocycles. The van der Waals surface area contributed by atoms with Crippen LogP contribution < -0.4 is 4.74 Å². The average molecular weight is 325 g/mol. The van der Waals surface area contributed by atoms with Crippen molar-refractivity contribution in [3.8, 4) is 5.75 Å². The van der Waals surface area contributed by atoms with E-state index in [9.17, 15) is 4.79 Å². The first-order valence-corrected chi connectivity index (χ1v) is 7.35. The van der Waals surface area contributed by atoms with Crippen molar-refractivity contribution in [2.45, 2.75) is 38.0 Å². The second-order valence-corrected chi connectivity index (χ2v) is 5.64. The molecule has 0 aliphatic rings. The smallest absolute Gasteiger partial charge is 0.135 e. The summed E-state index contributed by atoms with van der Waals surface area (Å²) in [5.41, 5.74) is 0.322. The molecule has 1 unspecified atom stereocenters. The third-order valence-corrected chi connectivity index (χ3v) is 4.17. The molecule has 1 aromatic carbocycles. The van der Waals surface area contributed by atoms with E-state index in [0.717, 1.165) is 47.8 Å². The van der Waals surface area contributed by atoms with Crippen molar-refractivity contribution in [2.24, 2.45) is 0 Å². The third kappa shape index (κ3) is 3.69. The van der Waals surface area contributed by atoms with E-state index in [1.165, 1.54) is 0 Å². The Morgan fingerprint density at radius 2 is 2.00 bits per heavy atom. The third-order valence-electron chi connectivity index (χ3n) is 3.47. The van der Waals surface area contributed by atoms with Gasteiger partial charge in [0.1, 0.15) is 12.0 Å². The molecule has 0 aliphatic heterocycles. The maximum Gasteiger partial charge on any atom is 0.135 e. The Labute approximate surface area is 124 Å². The lowest BCUT2D eigenvalue weighted by Gasteiger charge is -2.28. The molecule has 1 atom stereocenters. The molecule has 0 N–H and O–H groups in total. The summed E-state index contributed by atoms with van der Waals surface area (Å²) in [4.78, 5) is 11.7. The van der Waals surface area contributed by atoms with E-state index in [1.54, 1.807) is 7.11 Å². The molecular weight excluding hydrogens is 304 g/mol. The number of hydrogen-bond donors (Lipinski definition) is 0. The molecule has 0 fully saturated rings. The minimum atomic E-state index is -0.637. The van der Waals surface area contributed by atoms with Gasteiger partial charge in [0, 0.05) is 4.48 Å². The van der Waals surface area contributed by atoms with E-state index in [-0.39, 0.29) is 0 Å². The fourth-order valence-corrected chi connectivity index (χ4v) is 2.69. The van der Waals surface area contributed by atoms with Crippen molar-refractivity contribution in [1.29, 1.82) is 0 Å². The Balaban J connectivity index is 3.06. The number of carbonyl (C=O) groups is 1. The molecule has 0 spiro atoms.